The summed E-state index contributed by atoms with van der Waals surface area (Å²) < 4.78 is 0. The number of hydrogen-bond acceptors (Lipinski definition) is 2. The molecule has 0 atom stereocenters. The zero-order chi connectivity index (χ0) is 13.8. The summed E-state index contributed by atoms with van der Waals surface area (Å²) >= 11 is 0. The van der Waals surface area contributed by atoms with Gasteiger partial charge in [0.05, 0.1) is 4.99 Å². The lowest BCUT2D eigenvalue weighted by atomic mass is 10.1. The van der Waals surface area contributed by atoms with Crippen LogP contribution in [0.5, 0.6) is 0 Å². The predicted molar refractivity (Wildman–Crippen MR) is 81.0 cm³/mol. The monoisotopic (exact) mass is 389 g/mol. The smallest absolute Gasteiger partial charge is 0.341 e. The third kappa shape index (κ3) is 9.28. The second-order valence-corrected chi connectivity index (χ2v) is 4.95. The summed E-state index contributed by atoms with van der Waals surface area (Å²) in [5.74, 6) is -0.0662. The van der Waals surface area contributed by atoms with Crippen molar-refractivity contribution in [1.29, 1.82) is 0 Å². The van der Waals surface area contributed by atoms with Crippen LogP contribution < -0.4 is 34.3 Å². The van der Waals surface area contributed by atoms with Gasteiger partial charge in [0.15, 0.2) is 0 Å². The highest BCUT2D eigenvalue weighted by molar-refractivity contribution is 5.95. The Balaban J connectivity index is 0.00000361. The van der Waals surface area contributed by atoms with Crippen LogP contribution in [0.15, 0.2) is 23.9 Å². The standard InChI is InChI=1S/C16H26N2O.HI/c1-2-3-4-5-6-7-8-10-14-18-16(19)15-12-9-11-13-17-15;/h9,11-13H,2-8,10,14H2,1H3,(H,18,19);1H/q+1;/p-1. The lowest BCUT2D eigenvalue weighted by Gasteiger charge is -2.02. The number of carbonyl (C=O) groups excluding carboxylic acids is 1. The SMILES string of the molecule is CCCCCCCCCCNC(=O)C1=CC=CC=[N+]1.[I-]. The Morgan fingerprint density at radius 1 is 1.05 bits per heavy atom. The predicted octanol–water partition coefficient (Wildman–Crippen LogP) is 0.108. The van der Waals surface area contributed by atoms with Crippen molar-refractivity contribution < 1.29 is 28.8 Å². The van der Waals surface area contributed by atoms with Gasteiger partial charge in [-0.05, 0) is 12.5 Å². The second kappa shape index (κ2) is 13.3. The fourth-order valence-electron chi connectivity index (χ4n) is 2.05. The molecule has 1 N–H and O–H groups in total. The van der Waals surface area contributed by atoms with Crippen LogP contribution in [0.25, 0.3) is 0 Å². The highest BCUT2D eigenvalue weighted by Gasteiger charge is 2.18. The van der Waals surface area contributed by atoms with Crippen molar-refractivity contribution in [3.05, 3.63) is 23.9 Å². The highest BCUT2D eigenvalue weighted by atomic mass is 127. The van der Waals surface area contributed by atoms with E-state index in [0.29, 0.717) is 5.70 Å². The van der Waals surface area contributed by atoms with Crippen molar-refractivity contribution >= 4 is 12.1 Å². The summed E-state index contributed by atoms with van der Waals surface area (Å²) in [6.07, 6.45) is 17.3. The van der Waals surface area contributed by atoms with Gasteiger partial charge in [-0.3, -0.25) is 4.79 Å². The summed E-state index contributed by atoms with van der Waals surface area (Å²) in [5.41, 5.74) is 0.502. The number of hydrogen-bond donors (Lipinski definition) is 1. The molecule has 1 aliphatic heterocycles. The van der Waals surface area contributed by atoms with E-state index >= 15 is 0 Å². The third-order valence-corrected chi connectivity index (χ3v) is 3.21. The van der Waals surface area contributed by atoms with Crippen molar-refractivity contribution in [2.75, 3.05) is 6.54 Å². The Kier molecular flexibility index (Phi) is 12.9. The van der Waals surface area contributed by atoms with E-state index < -0.39 is 0 Å². The molecule has 4 heteroatoms. The number of rotatable bonds is 10. The van der Waals surface area contributed by atoms with Gasteiger partial charge in [-0.25, -0.2) is 0 Å². The molecule has 20 heavy (non-hydrogen) atoms. The number of allylic oxidation sites excluding steroid dienone is 3. The Labute approximate surface area is 140 Å². The third-order valence-electron chi connectivity index (χ3n) is 3.21. The number of aliphatic imine (C=N–C) groups is 1. The molecule has 0 saturated carbocycles. The fourth-order valence-corrected chi connectivity index (χ4v) is 2.05. The minimum Gasteiger partial charge on any atom is -1.00 e. The molecule has 1 aliphatic rings. The van der Waals surface area contributed by atoms with Crippen molar-refractivity contribution in [3.63, 3.8) is 0 Å². The molecule has 1 rings (SSSR count). The number of nitrogens with zero attached hydrogens (tertiary/aromatic N) is 1. The zero-order valence-electron chi connectivity index (χ0n) is 12.4. The Morgan fingerprint density at radius 2 is 1.70 bits per heavy atom. The molecule has 0 unspecified atom stereocenters. The van der Waals surface area contributed by atoms with E-state index in [0.717, 1.165) is 13.0 Å². The minimum absolute atomic E-state index is 0. The average molecular weight is 389 g/mol. The number of amides is 1. The summed E-state index contributed by atoms with van der Waals surface area (Å²) in [7, 11) is 0. The summed E-state index contributed by atoms with van der Waals surface area (Å²) in [4.78, 5) is 15.7. The number of halogens is 1. The lowest BCUT2D eigenvalue weighted by Crippen LogP contribution is -3.00. The molecular formula is C16H26IN2O. The molecular weight excluding hydrogens is 363 g/mol. The van der Waals surface area contributed by atoms with Gasteiger partial charge in [0, 0.05) is 18.7 Å². The van der Waals surface area contributed by atoms with E-state index in [4.69, 9.17) is 0 Å². The number of carbonyl (C=O) groups is 1. The van der Waals surface area contributed by atoms with Crippen LogP contribution >= 0.6 is 0 Å². The van der Waals surface area contributed by atoms with Crippen LogP contribution in [0, 0.1) is 0 Å². The molecule has 0 aromatic carbocycles. The molecule has 0 aromatic heterocycles. The van der Waals surface area contributed by atoms with Crippen LogP contribution in [0.2, 0.25) is 0 Å². The van der Waals surface area contributed by atoms with Gasteiger partial charge in [0.1, 0.15) is 0 Å². The quantitative estimate of drug-likeness (QED) is 0.418. The molecule has 1 radical (unpaired) electrons. The first-order valence-corrected chi connectivity index (χ1v) is 7.54. The van der Waals surface area contributed by atoms with E-state index in [1.54, 1.807) is 12.3 Å². The number of nitrogens with one attached hydrogen (secondary N) is 1. The highest BCUT2D eigenvalue weighted by Crippen LogP contribution is 2.07. The molecule has 113 valence electrons. The van der Waals surface area contributed by atoms with Gasteiger partial charge in [-0.15, -0.1) is 0 Å². The van der Waals surface area contributed by atoms with Gasteiger partial charge in [0.2, 0.25) is 6.21 Å². The normalized spacial score (nSPS) is 12.8. The number of unbranched alkanes of at least 4 members (excludes halogenated alkanes) is 7. The maximum atomic E-state index is 11.7. The Hall–Kier alpha value is -0.650. The maximum absolute atomic E-state index is 11.7. The first-order chi connectivity index (χ1) is 9.34. The maximum Gasteiger partial charge on any atom is 0.341 e. The molecule has 3 nitrogen and oxygen atoms in total. The van der Waals surface area contributed by atoms with Crippen LogP contribution in [-0.4, -0.2) is 18.7 Å². The van der Waals surface area contributed by atoms with E-state index in [2.05, 4.69) is 17.2 Å². The molecule has 0 fully saturated rings. The van der Waals surface area contributed by atoms with Gasteiger partial charge in [0.25, 0.3) is 0 Å². The first-order valence-electron chi connectivity index (χ1n) is 7.54. The molecule has 0 aromatic rings. The van der Waals surface area contributed by atoms with E-state index in [1.807, 2.05) is 12.2 Å². The topological polar surface area (TPSA) is 43.2 Å². The van der Waals surface area contributed by atoms with Gasteiger partial charge in [-0.2, -0.15) is 0 Å². The van der Waals surface area contributed by atoms with Gasteiger partial charge in [-0.1, -0.05) is 51.9 Å². The molecule has 1 heterocycles. The summed E-state index contributed by atoms with van der Waals surface area (Å²) in [6, 6.07) is 0. The first kappa shape index (κ1) is 19.4. The molecule has 0 aliphatic carbocycles. The van der Waals surface area contributed by atoms with Crippen molar-refractivity contribution in [2.45, 2.75) is 58.3 Å². The van der Waals surface area contributed by atoms with Crippen molar-refractivity contribution in [1.82, 2.24) is 10.3 Å². The van der Waals surface area contributed by atoms with E-state index in [9.17, 15) is 4.79 Å². The molecule has 0 spiro atoms. The second-order valence-electron chi connectivity index (χ2n) is 4.95. The summed E-state index contributed by atoms with van der Waals surface area (Å²) in [6.45, 7) is 2.99. The Bertz CT molecular complexity index is 348. The van der Waals surface area contributed by atoms with Crippen molar-refractivity contribution in [3.8, 4) is 0 Å². The molecule has 1 amide bonds. The van der Waals surface area contributed by atoms with E-state index in [1.165, 1.54) is 44.9 Å². The fraction of sp³-hybridized carbons (Fsp3) is 0.625. The zero-order valence-corrected chi connectivity index (χ0v) is 14.6. The summed E-state index contributed by atoms with van der Waals surface area (Å²) in [5, 5.41) is 2.91. The largest absolute Gasteiger partial charge is 1.00 e. The van der Waals surface area contributed by atoms with Crippen LogP contribution in [0.1, 0.15) is 58.3 Å². The Morgan fingerprint density at radius 3 is 2.30 bits per heavy atom. The van der Waals surface area contributed by atoms with Gasteiger partial charge >= 0.3 is 11.6 Å². The molecule has 0 bridgehead atoms. The van der Waals surface area contributed by atoms with Gasteiger partial charge < -0.3 is 29.3 Å². The van der Waals surface area contributed by atoms with Crippen LogP contribution in [-0.2, 0) is 4.79 Å². The minimum atomic E-state index is -0.0662. The molecule has 0 saturated heterocycles. The van der Waals surface area contributed by atoms with Crippen LogP contribution in [0.3, 0.4) is 0 Å². The van der Waals surface area contributed by atoms with E-state index in [-0.39, 0.29) is 29.9 Å². The average Bonchev–Trinajstić information content (AvgIpc) is 2.46. The van der Waals surface area contributed by atoms with Crippen molar-refractivity contribution in [2.24, 2.45) is 0 Å². The van der Waals surface area contributed by atoms with Crippen LogP contribution in [0.4, 0.5) is 0 Å². The lowest BCUT2D eigenvalue weighted by molar-refractivity contribution is -0.117.